The fraction of sp³-hybridized carbons (Fsp3) is 0.333. The van der Waals surface area contributed by atoms with Crippen LogP contribution in [0.25, 0.3) is 5.78 Å². The number of rotatable bonds is 5. The Morgan fingerprint density at radius 3 is 2.26 bits per heavy atom. The third-order valence-electron chi connectivity index (χ3n) is 4.45. The van der Waals surface area contributed by atoms with Crippen LogP contribution in [0, 0.1) is 0 Å². The summed E-state index contributed by atoms with van der Waals surface area (Å²) in [5.74, 6) is 1.15. The van der Waals surface area contributed by atoms with Gasteiger partial charge in [-0.1, -0.05) is 0 Å². The Morgan fingerprint density at radius 1 is 1.07 bits per heavy atom. The Balaban J connectivity index is 2.17. The van der Waals surface area contributed by atoms with Gasteiger partial charge < -0.3 is 9.64 Å². The maximum absolute atomic E-state index is 12.8. The van der Waals surface area contributed by atoms with Crippen LogP contribution >= 0.6 is 0 Å². The minimum Gasteiger partial charge on any atom is -0.497 e. The first-order chi connectivity index (χ1) is 12.8. The number of aromatic nitrogens is 4. The number of Topliss-reactive ketones (excluding diaryl/α,β-unsaturated/α-hetero) is 1. The molecule has 0 aliphatic carbocycles. The van der Waals surface area contributed by atoms with Gasteiger partial charge in [0, 0.05) is 33.8 Å². The molecule has 0 amide bonds. The molecule has 0 unspecified atom stereocenters. The topological polar surface area (TPSA) is 90.8 Å². The van der Waals surface area contributed by atoms with Gasteiger partial charge in [-0.15, -0.1) is 0 Å². The smallest absolute Gasteiger partial charge is 0.339 e. The second kappa shape index (κ2) is 6.75. The predicted octanol–water partition coefficient (Wildman–Crippen LogP) is 0.232. The number of aryl methyl sites for hydroxylation is 1. The Hall–Kier alpha value is -3.36. The summed E-state index contributed by atoms with van der Waals surface area (Å²) in [6.07, 6.45) is -0.0333. The normalized spacial score (nSPS) is 11.0. The van der Waals surface area contributed by atoms with Crippen LogP contribution in [0.4, 0.5) is 5.82 Å². The number of benzene rings is 1. The SMILES string of the molecule is COc1ccc(C(=O)Cc2c(N(C)C)nc3n(C)c(=O)n(C)c(=O)n23)cc1. The molecule has 0 radical (unpaired) electrons. The average Bonchev–Trinajstić information content (AvgIpc) is 3.04. The maximum Gasteiger partial charge on any atom is 0.339 e. The van der Waals surface area contributed by atoms with Crippen molar-refractivity contribution >= 4 is 17.4 Å². The molecule has 0 spiro atoms. The van der Waals surface area contributed by atoms with E-state index >= 15 is 0 Å². The number of carbonyl (C=O) groups excluding carboxylic acids is 1. The Bertz CT molecular complexity index is 1140. The molecule has 2 heterocycles. The van der Waals surface area contributed by atoms with Gasteiger partial charge in [-0.2, -0.15) is 4.98 Å². The number of ketones is 1. The van der Waals surface area contributed by atoms with Crippen molar-refractivity contribution in [1.29, 1.82) is 0 Å². The van der Waals surface area contributed by atoms with E-state index in [1.165, 1.54) is 16.0 Å². The van der Waals surface area contributed by atoms with Crippen molar-refractivity contribution in [1.82, 2.24) is 18.5 Å². The standard InChI is InChI=1S/C18H21N5O4/c1-20(2)15-13(10-14(24)11-6-8-12(27-5)9-7-11)23-16(19-15)21(3)17(25)22(4)18(23)26/h6-9H,10H2,1-5H3. The molecule has 3 rings (SSSR count). The molecule has 0 aliphatic heterocycles. The predicted molar refractivity (Wildman–Crippen MR) is 101 cm³/mol. The van der Waals surface area contributed by atoms with Gasteiger partial charge in [-0.05, 0) is 24.3 Å². The van der Waals surface area contributed by atoms with Gasteiger partial charge in [0.05, 0.1) is 19.2 Å². The fourth-order valence-corrected chi connectivity index (χ4v) is 2.95. The molecule has 0 saturated carbocycles. The third-order valence-corrected chi connectivity index (χ3v) is 4.45. The average molecular weight is 371 g/mol. The lowest BCUT2D eigenvalue weighted by molar-refractivity contribution is 0.0991. The molecule has 0 saturated heterocycles. The lowest BCUT2D eigenvalue weighted by atomic mass is 10.1. The highest BCUT2D eigenvalue weighted by molar-refractivity contribution is 5.98. The Morgan fingerprint density at radius 2 is 1.70 bits per heavy atom. The maximum atomic E-state index is 12.8. The van der Waals surface area contributed by atoms with Crippen molar-refractivity contribution in [2.75, 3.05) is 26.1 Å². The third kappa shape index (κ3) is 3.01. The molecule has 1 aromatic carbocycles. The van der Waals surface area contributed by atoms with Crippen molar-refractivity contribution in [3.8, 4) is 5.75 Å². The van der Waals surface area contributed by atoms with Gasteiger partial charge >= 0.3 is 11.4 Å². The van der Waals surface area contributed by atoms with E-state index in [-0.39, 0.29) is 18.0 Å². The van der Waals surface area contributed by atoms with Crippen molar-refractivity contribution in [2.24, 2.45) is 14.1 Å². The number of ether oxygens (including phenoxy) is 1. The summed E-state index contributed by atoms with van der Waals surface area (Å²) in [7, 11) is 8.03. The van der Waals surface area contributed by atoms with E-state index in [9.17, 15) is 14.4 Å². The van der Waals surface area contributed by atoms with Crippen LogP contribution in [0.1, 0.15) is 16.1 Å². The van der Waals surface area contributed by atoms with Crippen LogP contribution in [0.5, 0.6) is 5.75 Å². The highest BCUT2D eigenvalue weighted by atomic mass is 16.5. The van der Waals surface area contributed by atoms with E-state index in [1.54, 1.807) is 57.4 Å². The number of fused-ring (bicyclic) bond motifs is 1. The number of nitrogens with zero attached hydrogens (tertiary/aromatic N) is 5. The van der Waals surface area contributed by atoms with Crippen LogP contribution < -0.4 is 21.0 Å². The van der Waals surface area contributed by atoms with Gasteiger partial charge in [0.15, 0.2) is 11.6 Å². The van der Waals surface area contributed by atoms with Crippen LogP contribution in [0.3, 0.4) is 0 Å². The number of imidazole rings is 1. The summed E-state index contributed by atoms with van der Waals surface area (Å²) in [6.45, 7) is 0. The van der Waals surface area contributed by atoms with Crippen LogP contribution in [-0.2, 0) is 20.5 Å². The zero-order valence-electron chi connectivity index (χ0n) is 15.9. The molecule has 9 heteroatoms. The van der Waals surface area contributed by atoms with Crippen molar-refractivity contribution in [3.05, 3.63) is 56.5 Å². The molecule has 0 fully saturated rings. The summed E-state index contributed by atoms with van der Waals surface area (Å²) in [4.78, 5) is 43.8. The van der Waals surface area contributed by atoms with E-state index in [4.69, 9.17) is 4.74 Å². The number of hydrogen-bond acceptors (Lipinski definition) is 6. The van der Waals surface area contributed by atoms with Gasteiger partial charge in [0.1, 0.15) is 5.75 Å². The van der Waals surface area contributed by atoms with Crippen molar-refractivity contribution in [3.63, 3.8) is 0 Å². The molecular weight excluding hydrogens is 350 g/mol. The Kier molecular flexibility index (Phi) is 4.61. The first kappa shape index (κ1) is 18.4. The molecule has 142 valence electrons. The second-order valence-corrected chi connectivity index (χ2v) is 6.42. The molecular formula is C18H21N5O4. The summed E-state index contributed by atoms with van der Waals surface area (Å²) >= 11 is 0. The summed E-state index contributed by atoms with van der Waals surface area (Å²) in [6, 6.07) is 6.76. The minimum absolute atomic E-state index is 0.0333. The molecule has 2 aromatic heterocycles. The Labute approximate surface area is 155 Å². The summed E-state index contributed by atoms with van der Waals surface area (Å²) in [5.41, 5.74) is -0.0776. The van der Waals surface area contributed by atoms with E-state index < -0.39 is 11.4 Å². The van der Waals surface area contributed by atoms with E-state index in [0.717, 1.165) is 4.57 Å². The molecule has 3 aromatic rings. The molecule has 0 N–H and O–H groups in total. The lowest BCUT2D eigenvalue weighted by Crippen LogP contribution is -2.41. The van der Waals surface area contributed by atoms with E-state index in [0.29, 0.717) is 22.8 Å². The zero-order chi connectivity index (χ0) is 19.9. The van der Waals surface area contributed by atoms with Gasteiger partial charge in [-0.3, -0.25) is 9.36 Å². The monoisotopic (exact) mass is 371 g/mol. The van der Waals surface area contributed by atoms with E-state index in [2.05, 4.69) is 4.98 Å². The highest BCUT2D eigenvalue weighted by Crippen LogP contribution is 2.21. The van der Waals surface area contributed by atoms with Gasteiger partial charge in [0.2, 0.25) is 5.78 Å². The first-order valence-electron chi connectivity index (χ1n) is 8.28. The molecule has 0 bridgehead atoms. The number of hydrogen-bond donors (Lipinski definition) is 0. The molecule has 9 nitrogen and oxygen atoms in total. The van der Waals surface area contributed by atoms with Crippen molar-refractivity contribution < 1.29 is 9.53 Å². The van der Waals surface area contributed by atoms with Crippen LogP contribution in [0.15, 0.2) is 33.9 Å². The second-order valence-electron chi connectivity index (χ2n) is 6.42. The highest BCUT2D eigenvalue weighted by Gasteiger charge is 2.22. The zero-order valence-corrected chi connectivity index (χ0v) is 15.9. The largest absolute Gasteiger partial charge is 0.497 e. The van der Waals surface area contributed by atoms with E-state index in [1.807, 2.05) is 0 Å². The number of anilines is 1. The van der Waals surface area contributed by atoms with Crippen LogP contribution in [-0.4, -0.2) is 45.5 Å². The first-order valence-corrected chi connectivity index (χ1v) is 8.28. The summed E-state index contributed by atoms with van der Waals surface area (Å²) < 4.78 is 8.71. The van der Waals surface area contributed by atoms with Gasteiger partial charge in [0.25, 0.3) is 0 Å². The molecule has 0 aliphatic rings. The minimum atomic E-state index is -0.536. The fourth-order valence-electron chi connectivity index (χ4n) is 2.95. The molecule has 27 heavy (non-hydrogen) atoms. The number of carbonyl (C=O) groups is 1. The van der Waals surface area contributed by atoms with Crippen LogP contribution in [0.2, 0.25) is 0 Å². The molecule has 0 atom stereocenters. The van der Waals surface area contributed by atoms with Crippen molar-refractivity contribution in [2.45, 2.75) is 6.42 Å². The number of methoxy groups -OCH3 is 1. The lowest BCUT2D eigenvalue weighted by Gasteiger charge is -2.11. The van der Waals surface area contributed by atoms with Gasteiger partial charge in [-0.25, -0.2) is 18.6 Å². The summed E-state index contributed by atoms with van der Waals surface area (Å²) in [5, 5.41) is 0. The quantitative estimate of drug-likeness (QED) is 0.597.